The second kappa shape index (κ2) is 10.4. The first-order chi connectivity index (χ1) is 19.2. The Morgan fingerprint density at radius 1 is 0.949 bits per heavy atom. The van der Waals surface area contributed by atoms with Crippen molar-refractivity contribution >= 4 is 22.9 Å². The Kier molecular flexibility index (Phi) is 6.50. The van der Waals surface area contributed by atoms with Crippen molar-refractivity contribution in [3.63, 3.8) is 0 Å². The van der Waals surface area contributed by atoms with E-state index in [2.05, 4.69) is 45.4 Å². The lowest BCUT2D eigenvalue weighted by Crippen LogP contribution is -2.53. The van der Waals surface area contributed by atoms with E-state index in [1.54, 1.807) is 21.8 Å². The van der Waals surface area contributed by atoms with Crippen molar-refractivity contribution in [2.24, 2.45) is 13.0 Å². The molecule has 0 aromatic carbocycles. The van der Waals surface area contributed by atoms with E-state index < -0.39 is 0 Å². The van der Waals surface area contributed by atoms with Crippen LogP contribution in [-0.2, 0) is 18.3 Å². The topological polar surface area (TPSA) is 131 Å². The van der Waals surface area contributed by atoms with Gasteiger partial charge < -0.3 is 19.9 Å². The second-order valence-corrected chi connectivity index (χ2v) is 10.6. The van der Waals surface area contributed by atoms with Crippen LogP contribution in [0.2, 0.25) is 0 Å². The molecule has 1 atom stereocenters. The fraction of sp³-hybridized carbons (Fsp3) is 0.560. The Morgan fingerprint density at radius 2 is 1.79 bits per heavy atom. The summed E-state index contributed by atoms with van der Waals surface area (Å²) >= 11 is 0. The normalized spacial score (nSPS) is 21.0. The quantitative estimate of drug-likeness (QED) is 0.335. The highest BCUT2D eigenvalue weighted by Crippen LogP contribution is 2.21. The molecule has 0 saturated carbocycles. The number of anilines is 2. The lowest BCUT2D eigenvalue weighted by atomic mass is 10.0. The molecule has 3 aliphatic heterocycles. The molecule has 0 amide bonds. The summed E-state index contributed by atoms with van der Waals surface area (Å²) in [4.78, 5) is 25.8. The molecule has 204 valence electrons. The number of hydrogen-bond donors (Lipinski definition) is 1. The molecule has 3 saturated heterocycles. The predicted molar refractivity (Wildman–Crippen MR) is 144 cm³/mol. The van der Waals surface area contributed by atoms with E-state index in [1.165, 1.54) is 6.54 Å². The fourth-order valence-corrected chi connectivity index (χ4v) is 5.45. The second-order valence-electron chi connectivity index (χ2n) is 10.6. The minimum absolute atomic E-state index is 0.0920. The molecule has 4 aromatic rings. The molecule has 0 spiro atoms. The monoisotopic (exact) mass is 531 g/mol. The summed E-state index contributed by atoms with van der Waals surface area (Å²) in [5.74, 6) is 1.55. The van der Waals surface area contributed by atoms with E-state index >= 15 is 0 Å². The highest BCUT2D eigenvalue weighted by molar-refractivity contribution is 5.69. The first-order valence-electron chi connectivity index (χ1n) is 13.6. The lowest BCUT2D eigenvalue weighted by Gasteiger charge is -2.39. The third kappa shape index (κ3) is 5.14. The van der Waals surface area contributed by atoms with Gasteiger partial charge in [-0.2, -0.15) is 5.10 Å². The van der Waals surface area contributed by atoms with Crippen LogP contribution in [0.5, 0.6) is 0 Å². The Bertz CT molecular complexity index is 1410. The molecule has 3 fully saturated rings. The maximum Gasteiger partial charge on any atom is 0.225 e. The van der Waals surface area contributed by atoms with Crippen LogP contribution >= 0.6 is 0 Å². The van der Waals surface area contributed by atoms with Gasteiger partial charge in [0.15, 0.2) is 5.65 Å². The number of nitrogens with zero attached hydrogens (tertiary/aromatic N) is 12. The number of morpholine rings is 1. The Labute approximate surface area is 226 Å². The van der Waals surface area contributed by atoms with Crippen molar-refractivity contribution in [3.05, 3.63) is 31.0 Å². The summed E-state index contributed by atoms with van der Waals surface area (Å²) in [5, 5.41) is 16.1. The number of piperazine rings is 1. The number of nitrogens with one attached hydrogen (secondary N) is 1. The van der Waals surface area contributed by atoms with Crippen molar-refractivity contribution in [2.75, 3.05) is 75.3 Å². The zero-order valence-corrected chi connectivity index (χ0v) is 22.1. The standard InChI is InChI=1S/C25H33N13O/c1-34-15-19(10-30-34)22-13-27-24-23(31-22)32-33-38(24)17-21-16-37(6-7-39-21)25-28-11-20(12-29-25)36-4-2-35(3-5-36)14-18-8-26-9-18/h10-13,15,18,21,26H,2-9,14,16-17H2,1H3/t21-/m0/s1. The number of fused-ring (bicyclic) bond motifs is 1. The third-order valence-electron chi connectivity index (χ3n) is 7.77. The van der Waals surface area contributed by atoms with Gasteiger partial charge in [-0.25, -0.2) is 24.6 Å². The molecular formula is C25H33N13O. The predicted octanol–water partition coefficient (Wildman–Crippen LogP) is -0.341. The summed E-state index contributed by atoms with van der Waals surface area (Å²) in [5.41, 5.74) is 3.84. The molecule has 4 aromatic heterocycles. The first-order valence-corrected chi connectivity index (χ1v) is 13.6. The maximum atomic E-state index is 6.05. The van der Waals surface area contributed by atoms with Crippen molar-refractivity contribution in [1.82, 2.24) is 54.9 Å². The molecule has 14 nitrogen and oxygen atoms in total. The average Bonchev–Trinajstić information content (AvgIpc) is 3.57. The van der Waals surface area contributed by atoms with Gasteiger partial charge in [0, 0.05) is 77.7 Å². The van der Waals surface area contributed by atoms with Crippen LogP contribution in [0.3, 0.4) is 0 Å². The Morgan fingerprint density at radius 3 is 2.54 bits per heavy atom. The molecule has 7 rings (SSSR count). The number of aryl methyl sites for hydroxylation is 1. The molecular weight excluding hydrogens is 498 g/mol. The fourth-order valence-electron chi connectivity index (χ4n) is 5.45. The molecule has 0 radical (unpaired) electrons. The van der Waals surface area contributed by atoms with Crippen LogP contribution in [0, 0.1) is 5.92 Å². The Hall–Kier alpha value is -3.75. The SMILES string of the molecule is Cn1cc(-c2cnc3c(nnn3C[C@@H]3CN(c4ncc(N5CCN(CC6CNC6)CC5)cn4)CCO3)n2)cn1. The van der Waals surface area contributed by atoms with Gasteiger partial charge in [0.25, 0.3) is 0 Å². The molecule has 39 heavy (non-hydrogen) atoms. The molecule has 0 bridgehead atoms. The third-order valence-corrected chi connectivity index (χ3v) is 7.77. The summed E-state index contributed by atoms with van der Waals surface area (Å²) in [7, 11) is 1.87. The van der Waals surface area contributed by atoms with Gasteiger partial charge in [-0.15, -0.1) is 5.10 Å². The van der Waals surface area contributed by atoms with Crippen LogP contribution < -0.4 is 15.1 Å². The van der Waals surface area contributed by atoms with E-state index in [0.29, 0.717) is 31.0 Å². The smallest absolute Gasteiger partial charge is 0.225 e. The van der Waals surface area contributed by atoms with Gasteiger partial charge in [-0.3, -0.25) is 9.58 Å². The van der Waals surface area contributed by atoms with E-state index in [1.807, 2.05) is 25.6 Å². The van der Waals surface area contributed by atoms with Gasteiger partial charge in [0.05, 0.1) is 55.4 Å². The highest BCUT2D eigenvalue weighted by Gasteiger charge is 2.26. The van der Waals surface area contributed by atoms with Crippen LogP contribution in [0.25, 0.3) is 22.6 Å². The van der Waals surface area contributed by atoms with Gasteiger partial charge in [0.2, 0.25) is 11.6 Å². The lowest BCUT2D eigenvalue weighted by molar-refractivity contribution is 0.0273. The Balaban J connectivity index is 0.964. The molecule has 0 aliphatic carbocycles. The van der Waals surface area contributed by atoms with E-state index in [-0.39, 0.29) is 6.10 Å². The van der Waals surface area contributed by atoms with Gasteiger partial charge >= 0.3 is 0 Å². The number of ether oxygens (including phenoxy) is 1. The molecule has 0 unspecified atom stereocenters. The average molecular weight is 532 g/mol. The zero-order valence-electron chi connectivity index (χ0n) is 22.1. The molecule has 1 N–H and O–H groups in total. The van der Waals surface area contributed by atoms with Crippen LogP contribution in [0.1, 0.15) is 0 Å². The first kappa shape index (κ1) is 24.3. The van der Waals surface area contributed by atoms with E-state index in [4.69, 9.17) is 14.7 Å². The highest BCUT2D eigenvalue weighted by atomic mass is 16.5. The maximum absolute atomic E-state index is 6.05. The van der Waals surface area contributed by atoms with E-state index in [9.17, 15) is 0 Å². The molecule has 7 heterocycles. The number of aromatic nitrogens is 9. The summed E-state index contributed by atoms with van der Waals surface area (Å²) in [6.45, 7) is 10.3. The summed E-state index contributed by atoms with van der Waals surface area (Å²) in [6.07, 6.45) is 9.21. The zero-order chi connectivity index (χ0) is 26.2. The van der Waals surface area contributed by atoms with Crippen molar-refractivity contribution < 1.29 is 4.74 Å². The van der Waals surface area contributed by atoms with Crippen LogP contribution in [0.15, 0.2) is 31.0 Å². The van der Waals surface area contributed by atoms with Crippen molar-refractivity contribution in [2.45, 2.75) is 12.6 Å². The molecule has 3 aliphatic rings. The summed E-state index contributed by atoms with van der Waals surface area (Å²) in [6, 6.07) is 0. The van der Waals surface area contributed by atoms with Gasteiger partial charge in [-0.05, 0) is 5.92 Å². The summed E-state index contributed by atoms with van der Waals surface area (Å²) < 4.78 is 9.55. The number of hydrogen-bond acceptors (Lipinski definition) is 12. The van der Waals surface area contributed by atoms with Crippen LogP contribution in [0.4, 0.5) is 11.6 Å². The van der Waals surface area contributed by atoms with Gasteiger partial charge in [-0.1, -0.05) is 5.21 Å². The minimum atomic E-state index is -0.0920. The van der Waals surface area contributed by atoms with Crippen molar-refractivity contribution in [1.29, 1.82) is 0 Å². The molecule has 14 heteroatoms. The number of rotatable bonds is 7. The van der Waals surface area contributed by atoms with Gasteiger partial charge in [0.1, 0.15) is 0 Å². The minimum Gasteiger partial charge on any atom is -0.373 e. The largest absolute Gasteiger partial charge is 0.373 e. The van der Waals surface area contributed by atoms with E-state index in [0.717, 1.165) is 74.6 Å². The van der Waals surface area contributed by atoms with Crippen LogP contribution in [-0.4, -0.2) is 121 Å². The van der Waals surface area contributed by atoms with Crippen molar-refractivity contribution in [3.8, 4) is 11.3 Å².